The number of anilines is 1. The van der Waals surface area contributed by atoms with Crippen molar-refractivity contribution < 1.29 is 22.7 Å². The maximum atomic E-state index is 14.1. The van der Waals surface area contributed by atoms with Gasteiger partial charge in [0.2, 0.25) is 21.8 Å². The molecule has 1 N–H and O–H groups in total. The van der Waals surface area contributed by atoms with Gasteiger partial charge >= 0.3 is 0 Å². The van der Waals surface area contributed by atoms with Crippen LogP contribution in [0.4, 0.5) is 5.69 Å². The topological polar surface area (TPSA) is 96.0 Å². The monoisotopic (exact) mass is 633 g/mol. The minimum Gasteiger partial charge on any atom is -0.494 e. The number of carbonyl (C=O) groups excluding carboxylic acids is 2. The molecule has 0 radical (unpaired) electrons. The van der Waals surface area contributed by atoms with Gasteiger partial charge in [-0.3, -0.25) is 13.9 Å². The summed E-state index contributed by atoms with van der Waals surface area (Å²) in [5.74, 6) is 0.339. The van der Waals surface area contributed by atoms with Gasteiger partial charge < -0.3 is 15.0 Å². The van der Waals surface area contributed by atoms with E-state index in [0.717, 1.165) is 42.4 Å². The number of carbonyl (C=O) groups is 2. The van der Waals surface area contributed by atoms with E-state index in [-0.39, 0.29) is 37.4 Å². The number of sulfonamides is 1. The predicted octanol–water partition coefficient (Wildman–Crippen LogP) is 6.03. The number of rotatable bonds is 15. The second-order valence-electron chi connectivity index (χ2n) is 11.9. The summed E-state index contributed by atoms with van der Waals surface area (Å²) in [7, 11) is -3.60. The molecule has 0 bridgehead atoms. The number of nitrogens with one attached hydrogen (secondary N) is 1. The summed E-state index contributed by atoms with van der Waals surface area (Å²) in [6.07, 6.45) is 7.20. The number of aryl methyl sites for hydroxylation is 1. The number of hydrogen-bond acceptors (Lipinski definition) is 5. The first-order valence-corrected chi connectivity index (χ1v) is 17.9. The molecule has 3 aromatic rings. The molecule has 3 aromatic carbocycles. The van der Waals surface area contributed by atoms with Crippen LogP contribution in [-0.4, -0.2) is 56.6 Å². The summed E-state index contributed by atoms with van der Waals surface area (Å²) >= 11 is 0. The van der Waals surface area contributed by atoms with Crippen molar-refractivity contribution in [1.29, 1.82) is 0 Å². The van der Waals surface area contributed by atoms with E-state index in [4.69, 9.17) is 4.74 Å². The summed E-state index contributed by atoms with van der Waals surface area (Å²) in [6, 6.07) is 24.0. The van der Waals surface area contributed by atoms with Gasteiger partial charge in [0.15, 0.2) is 0 Å². The second kappa shape index (κ2) is 16.5. The molecule has 0 aromatic heterocycles. The third-order valence-corrected chi connectivity index (χ3v) is 9.61. The fourth-order valence-electron chi connectivity index (χ4n) is 5.95. The van der Waals surface area contributed by atoms with Crippen LogP contribution in [0.15, 0.2) is 78.9 Å². The van der Waals surface area contributed by atoms with Crippen molar-refractivity contribution in [3.8, 4) is 5.75 Å². The minimum atomic E-state index is -3.60. The first-order chi connectivity index (χ1) is 21.7. The Kier molecular flexibility index (Phi) is 12.4. The van der Waals surface area contributed by atoms with Crippen LogP contribution in [0.5, 0.6) is 5.75 Å². The number of benzene rings is 3. The van der Waals surface area contributed by atoms with Crippen LogP contribution < -0.4 is 14.4 Å². The van der Waals surface area contributed by atoms with Gasteiger partial charge in [-0.2, -0.15) is 0 Å². The van der Waals surface area contributed by atoms with E-state index in [0.29, 0.717) is 30.9 Å². The Morgan fingerprint density at radius 3 is 2.24 bits per heavy atom. The molecule has 0 aliphatic heterocycles. The number of ether oxygens (including phenoxy) is 1. The Balaban J connectivity index is 1.58. The van der Waals surface area contributed by atoms with E-state index in [2.05, 4.69) is 5.32 Å². The third kappa shape index (κ3) is 10.1. The van der Waals surface area contributed by atoms with E-state index >= 15 is 0 Å². The lowest BCUT2D eigenvalue weighted by atomic mass is 9.94. The number of nitrogens with zero attached hydrogens (tertiary/aromatic N) is 2. The molecule has 0 unspecified atom stereocenters. The highest BCUT2D eigenvalue weighted by molar-refractivity contribution is 7.92. The Morgan fingerprint density at radius 1 is 0.933 bits per heavy atom. The third-order valence-electron chi connectivity index (χ3n) is 8.41. The largest absolute Gasteiger partial charge is 0.494 e. The zero-order chi connectivity index (χ0) is 32.2. The van der Waals surface area contributed by atoms with Gasteiger partial charge in [0.1, 0.15) is 11.8 Å². The molecule has 2 amide bonds. The Hall–Kier alpha value is -3.85. The quantitative estimate of drug-likeness (QED) is 0.221. The molecule has 242 valence electrons. The van der Waals surface area contributed by atoms with Gasteiger partial charge in [-0.25, -0.2) is 8.42 Å². The highest BCUT2D eigenvalue weighted by atomic mass is 32.2. The minimum absolute atomic E-state index is 0.0942. The van der Waals surface area contributed by atoms with Crippen LogP contribution in [0.25, 0.3) is 0 Å². The van der Waals surface area contributed by atoms with Crippen molar-refractivity contribution in [2.45, 2.75) is 83.8 Å². The second-order valence-corrected chi connectivity index (χ2v) is 13.8. The molecule has 45 heavy (non-hydrogen) atoms. The zero-order valence-electron chi connectivity index (χ0n) is 26.8. The predicted molar refractivity (Wildman–Crippen MR) is 180 cm³/mol. The molecule has 0 spiro atoms. The molecular formula is C36H47N3O5S. The van der Waals surface area contributed by atoms with Gasteiger partial charge in [0, 0.05) is 32.0 Å². The number of hydrogen-bond donors (Lipinski definition) is 1. The summed E-state index contributed by atoms with van der Waals surface area (Å²) in [5, 5.41) is 3.27. The van der Waals surface area contributed by atoms with E-state index < -0.39 is 16.1 Å². The first-order valence-electron chi connectivity index (χ1n) is 16.0. The summed E-state index contributed by atoms with van der Waals surface area (Å²) in [4.78, 5) is 29.8. The standard InChI is InChI=1S/C36H47N3O5S/c1-4-44-33-23-21-32(22-24-33)39(45(3,42)43)25-13-20-35(40)38(27-30-17-12-11-14-28(30)2)34(26-29-15-7-5-8-16-29)36(41)37-31-18-9-6-10-19-31/h5,7-8,11-12,14-17,21-24,31,34H,4,6,9-10,13,18-20,25-27H2,1-3H3,(H,37,41)/t34-/m1/s1. The molecule has 4 rings (SSSR count). The summed E-state index contributed by atoms with van der Waals surface area (Å²) in [5.41, 5.74) is 3.50. The first kappa shape index (κ1) is 34.0. The lowest BCUT2D eigenvalue weighted by molar-refractivity contribution is -0.141. The van der Waals surface area contributed by atoms with E-state index in [1.54, 1.807) is 29.2 Å². The molecule has 0 heterocycles. The van der Waals surface area contributed by atoms with Gasteiger partial charge in [0.05, 0.1) is 18.6 Å². The molecule has 1 atom stereocenters. The molecule has 1 aliphatic carbocycles. The van der Waals surface area contributed by atoms with Crippen LogP contribution in [0.2, 0.25) is 0 Å². The van der Waals surface area contributed by atoms with Crippen molar-refractivity contribution >= 4 is 27.5 Å². The van der Waals surface area contributed by atoms with Crippen LogP contribution >= 0.6 is 0 Å². The fraction of sp³-hybridized carbons (Fsp3) is 0.444. The molecule has 1 fully saturated rings. The normalized spacial score (nSPS) is 14.4. The SMILES string of the molecule is CCOc1ccc(N(CCCC(=O)N(Cc2ccccc2C)[C@H](Cc2ccccc2)C(=O)NC2CCCCC2)S(C)(=O)=O)cc1. The smallest absolute Gasteiger partial charge is 0.243 e. The number of amides is 2. The van der Waals surface area contributed by atoms with Gasteiger partial charge in [-0.15, -0.1) is 0 Å². The van der Waals surface area contributed by atoms with Crippen molar-refractivity contribution in [3.63, 3.8) is 0 Å². The van der Waals surface area contributed by atoms with E-state index in [9.17, 15) is 18.0 Å². The van der Waals surface area contributed by atoms with Crippen molar-refractivity contribution in [2.24, 2.45) is 0 Å². The lowest BCUT2D eigenvalue weighted by Crippen LogP contribution is -2.53. The van der Waals surface area contributed by atoms with Crippen LogP contribution in [0.3, 0.4) is 0 Å². The van der Waals surface area contributed by atoms with Crippen molar-refractivity contribution in [2.75, 3.05) is 23.7 Å². The van der Waals surface area contributed by atoms with Gasteiger partial charge in [0.25, 0.3) is 0 Å². The van der Waals surface area contributed by atoms with Gasteiger partial charge in [-0.1, -0.05) is 73.9 Å². The molecule has 1 aliphatic rings. The Bertz CT molecular complexity index is 1490. The van der Waals surface area contributed by atoms with E-state index in [1.807, 2.05) is 68.4 Å². The molecule has 9 heteroatoms. The Labute approximate surface area is 268 Å². The average molecular weight is 634 g/mol. The molecular weight excluding hydrogens is 586 g/mol. The molecule has 0 saturated heterocycles. The highest BCUT2D eigenvalue weighted by Crippen LogP contribution is 2.24. The molecule has 8 nitrogen and oxygen atoms in total. The summed E-state index contributed by atoms with van der Waals surface area (Å²) < 4.78 is 32.4. The zero-order valence-corrected chi connectivity index (χ0v) is 27.6. The maximum absolute atomic E-state index is 14.1. The van der Waals surface area contributed by atoms with E-state index in [1.165, 1.54) is 17.0 Å². The van der Waals surface area contributed by atoms with Crippen LogP contribution in [-0.2, 0) is 32.6 Å². The Morgan fingerprint density at radius 2 is 1.60 bits per heavy atom. The average Bonchev–Trinajstić information content (AvgIpc) is 3.03. The highest BCUT2D eigenvalue weighted by Gasteiger charge is 2.32. The van der Waals surface area contributed by atoms with Crippen molar-refractivity contribution in [3.05, 3.63) is 95.6 Å². The van der Waals surface area contributed by atoms with Gasteiger partial charge in [-0.05, 0) is 74.1 Å². The van der Waals surface area contributed by atoms with Crippen LogP contribution in [0, 0.1) is 6.92 Å². The maximum Gasteiger partial charge on any atom is 0.243 e. The van der Waals surface area contributed by atoms with Crippen LogP contribution in [0.1, 0.15) is 68.6 Å². The molecule has 1 saturated carbocycles. The fourth-order valence-corrected chi connectivity index (χ4v) is 6.91. The van der Waals surface area contributed by atoms with Crippen molar-refractivity contribution in [1.82, 2.24) is 10.2 Å². The summed E-state index contributed by atoms with van der Waals surface area (Å²) in [6.45, 7) is 4.83. The lowest BCUT2D eigenvalue weighted by Gasteiger charge is -2.34.